The van der Waals surface area contributed by atoms with Crippen LogP contribution < -0.4 is 10.1 Å². The minimum absolute atomic E-state index is 0.0779. The van der Waals surface area contributed by atoms with Gasteiger partial charge in [-0.25, -0.2) is 4.99 Å². The van der Waals surface area contributed by atoms with Gasteiger partial charge in [0.25, 0.3) is 5.91 Å². The fourth-order valence-electron chi connectivity index (χ4n) is 4.42. The summed E-state index contributed by atoms with van der Waals surface area (Å²) in [5.41, 5.74) is 3.08. The Morgan fingerprint density at radius 1 is 1.10 bits per heavy atom. The summed E-state index contributed by atoms with van der Waals surface area (Å²) in [6.07, 6.45) is 12.4. The van der Waals surface area contributed by atoms with Gasteiger partial charge >= 0.3 is 0 Å². The number of fused-ring (bicyclic) bond motifs is 1. The van der Waals surface area contributed by atoms with E-state index in [9.17, 15) is 4.79 Å². The molecule has 160 valence electrons. The fourth-order valence-corrected chi connectivity index (χ4v) is 5.65. The first-order valence-electron chi connectivity index (χ1n) is 11.4. The number of carbonyl (C=O) groups is 1. The van der Waals surface area contributed by atoms with E-state index in [2.05, 4.69) is 5.32 Å². The Morgan fingerprint density at radius 2 is 1.83 bits per heavy atom. The molecule has 1 aromatic heterocycles. The van der Waals surface area contributed by atoms with Gasteiger partial charge in [0.15, 0.2) is 0 Å². The van der Waals surface area contributed by atoms with Crippen LogP contribution >= 0.6 is 11.3 Å². The smallest absolute Gasteiger partial charge is 0.254 e. The van der Waals surface area contributed by atoms with Crippen molar-refractivity contribution in [1.82, 2.24) is 5.32 Å². The highest BCUT2D eigenvalue weighted by Gasteiger charge is 2.27. The molecule has 1 amide bonds. The van der Waals surface area contributed by atoms with Crippen LogP contribution in [0.4, 0.5) is 5.00 Å². The third kappa shape index (κ3) is 5.12. The van der Waals surface area contributed by atoms with Gasteiger partial charge < -0.3 is 10.1 Å². The van der Waals surface area contributed by atoms with E-state index in [4.69, 9.17) is 9.73 Å². The molecule has 1 saturated carbocycles. The van der Waals surface area contributed by atoms with Gasteiger partial charge in [0, 0.05) is 17.1 Å². The second kappa shape index (κ2) is 9.78. The average molecular weight is 425 g/mol. The Kier molecular flexibility index (Phi) is 6.88. The quantitative estimate of drug-likeness (QED) is 0.559. The lowest BCUT2D eigenvalue weighted by Gasteiger charge is -2.23. The molecule has 4 rings (SSSR count). The first kappa shape index (κ1) is 21.1. The van der Waals surface area contributed by atoms with E-state index in [1.165, 1.54) is 36.1 Å². The van der Waals surface area contributed by atoms with Crippen LogP contribution in [0.1, 0.15) is 85.2 Å². The Labute approximate surface area is 183 Å². The number of carbonyl (C=O) groups excluding carboxylic acids is 1. The number of aryl methyl sites for hydroxylation is 1. The van der Waals surface area contributed by atoms with Crippen molar-refractivity contribution in [3.8, 4) is 5.75 Å². The summed E-state index contributed by atoms with van der Waals surface area (Å²) in [6, 6.07) is 8.28. The van der Waals surface area contributed by atoms with Crippen molar-refractivity contribution in [2.45, 2.75) is 83.8 Å². The molecule has 0 radical (unpaired) electrons. The normalized spacial score (nSPS) is 17.3. The maximum absolute atomic E-state index is 13.2. The topological polar surface area (TPSA) is 50.7 Å². The zero-order valence-corrected chi connectivity index (χ0v) is 18.9. The van der Waals surface area contributed by atoms with Crippen LogP contribution in [0.5, 0.6) is 5.75 Å². The van der Waals surface area contributed by atoms with E-state index in [0.29, 0.717) is 6.04 Å². The summed E-state index contributed by atoms with van der Waals surface area (Å²) in [6.45, 7) is 4.04. The van der Waals surface area contributed by atoms with E-state index in [0.717, 1.165) is 54.0 Å². The van der Waals surface area contributed by atoms with E-state index in [1.54, 1.807) is 11.3 Å². The summed E-state index contributed by atoms with van der Waals surface area (Å²) < 4.78 is 5.71. The molecule has 0 spiro atoms. The molecule has 1 aromatic carbocycles. The number of rotatable bonds is 6. The number of benzene rings is 1. The van der Waals surface area contributed by atoms with Crippen molar-refractivity contribution in [2.75, 3.05) is 0 Å². The van der Waals surface area contributed by atoms with Crippen LogP contribution in [0.15, 0.2) is 29.3 Å². The third-order valence-electron chi connectivity index (χ3n) is 5.90. The summed E-state index contributed by atoms with van der Waals surface area (Å²) in [7, 11) is 0. The predicted octanol–water partition coefficient (Wildman–Crippen LogP) is 6.23. The molecule has 0 unspecified atom stereocenters. The number of nitrogens with zero attached hydrogens (tertiary/aromatic N) is 1. The fraction of sp³-hybridized carbons (Fsp3) is 0.520. The highest BCUT2D eigenvalue weighted by atomic mass is 32.1. The molecule has 1 N–H and O–H groups in total. The minimum Gasteiger partial charge on any atom is -0.491 e. The largest absolute Gasteiger partial charge is 0.491 e. The van der Waals surface area contributed by atoms with E-state index in [1.807, 2.05) is 44.3 Å². The van der Waals surface area contributed by atoms with Crippen LogP contribution in [0, 0.1) is 0 Å². The van der Waals surface area contributed by atoms with Crippen LogP contribution in [0.3, 0.4) is 0 Å². The predicted molar refractivity (Wildman–Crippen MR) is 125 cm³/mol. The van der Waals surface area contributed by atoms with Crippen LogP contribution in [0.25, 0.3) is 0 Å². The molecule has 0 atom stereocenters. The lowest BCUT2D eigenvalue weighted by atomic mass is 9.93. The number of aliphatic imine (C=N–C) groups is 1. The van der Waals surface area contributed by atoms with Gasteiger partial charge in [0.1, 0.15) is 10.8 Å². The average Bonchev–Trinajstić information content (AvgIpc) is 3.12. The van der Waals surface area contributed by atoms with E-state index < -0.39 is 0 Å². The minimum atomic E-state index is 0.0779. The van der Waals surface area contributed by atoms with E-state index >= 15 is 0 Å². The number of thiophene rings is 1. The zero-order valence-electron chi connectivity index (χ0n) is 18.1. The Balaban J connectivity index is 1.55. The molecule has 0 aliphatic heterocycles. The third-order valence-corrected chi connectivity index (χ3v) is 7.10. The Bertz CT molecular complexity index is 893. The van der Waals surface area contributed by atoms with Crippen molar-refractivity contribution in [3.63, 3.8) is 0 Å². The van der Waals surface area contributed by atoms with Crippen LogP contribution in [0.2, 0.25) is 0 Å². The lowest BCUT2D eigenvalue weighted by molar-refractivity contribution is 0.0927. The molecule has 0 bridgehead atoms. The van der Waals surface area contributed by atoms with Crippen molar-refractivity contribution >= 4 is 28.5 Å². The Hall–Kier alpha value is -2.14. The van der Waals surface area contributed by atoms with Gasteiger partial charge in [-0.05, 0) is 87.8 Å². The second-order valence-electron chi connectivity index (χ2n) is 8.69. The molecule has 30 heavy (non-hydrogen) atoms. The summed E-state index contributed by atoms with van der Waals surface area (Å²) in [5, 5.41) is 4.17. The standard InChI is InChI=1S/C25H32N2O2S/c1-17(2)29-20-14-12-18(13-15-20)16-26-25-23(21-10-6-7-11-22(21)30-25)24(28)27-19-8-4-3-5-9-19/h12-17,19H,3-11H2,1-2H3,(H,27,28). The van der Waals surface area contributed by atoms with Crippen LogP contribution in [-0.4, -0.2) is 24.3 Å². The van der Waals surface area contributed by atoms with E-state index in [-0.39, 0.29) is 12.0 Å². The number of hydrogen-bond acceptors (Lipinski definition) is 4. The van der Waals surface area contributed by atoms with Crippen LogP contribution in [-0.2, 0) is 12.8 Å². The van der Waals surface area contributed by atoms with Crippen molar-refractivity contribution < 1.29 is 9.53 Å². The molecule has 4 nitrogen and oxygen atoms in total. The molecule has 0 saturated heterocycles. The summed E-state index contributed by atoms with van der Waals surface area (Å²) in [5.74, 6) is 0.940. The number of ether oxygens (including phenoxy) is 1. The molecule has 1 fully saturated rings. The monoisotopic (exact) mass is 424 g/mol. The second-order valence-corrected chi connectivity index (χ2v) is 9.78. The van der Waals surface area contributed by atoms with Gasteiger partial charge in [-0.1, -0.05) is 19.3 Å². The maximum Gasteiger partial charge on any atom is 0.254 e. The summed E-state index contributed by atoms with van der Waals surface area (Å²) in [4.78, 5) is 19.4. The maximum atomic E-state index is 13.2. The molecule has 2 aliphatic carbocycles. The highest BCUT2D eigenvalue weighted by Crippen LogP contribution is 2.40. The molecule has 5 heteroatoms. The van der Waals surface area contributed by atoms with Crippen molar-refractivity contribution in [2.24, 2.45) is 4.99 Å². The number of hydrogen-bond donors (Lipinski definition) is 1. The van der Waals surface area contributed by atoms with Gasteiger partial charge in [-0.15, -0.1) is 11.3 Å². The molecular formula is C25H32N2O2S. The zero-order chi connectivity index (χ0) is 20.9. The van der Waals surface area contributed by atoms with Gasteiger partial charge in [-0.2, -0.15) is 0 Å². The van der Waals surface area contributed by atoms with Crippen molar-refractivity contribution in [1.29, 1.82) is 0 Å². The van der Waals surface area contributed by atoms with Gasteiger partial charge in [0.2, 0.25) is 0 Å². The highest BCUT2D eigenvalue weighted by molar-refractivity contribution is 7.16. The van der Waals surface area contributed by atoms with Crippen molar-refractivity contribution in [3.05, 3.63) is 45.8 Å². The lowest BCUT2D eigenvalue weighted by Crippen LogP contribution is -2.36. The molecule has 2 aromatic rings. The number of amides is 1. The first-order chi connectivity index (χ1) is 14.6. The van der Waals surface area contributed by atoms with Gasteiger partial charge in [-0.3, -0.25) is 4.79 Å². The molecular weight excluding hydrogens is 392 g/mol. The molecule has 1 heterocycles. The SMILES string of the molecule is CC(C)Oc1ccc(C=Nc2sc3c(c2C(=O)NC2CCCCC2)CCCC3)cc1. The Morgan fingerprint density at radius 3 is 2.57 bits per heavy atom. The summed E-state index contributed by atoms with van der Waals surface area (Å²) >= 11 is 1.70. The van der Waals surface area contributed by atoms with Gasteiger partial charge in [0.05, 0.1) is 11.7 Å². The first-order valence-corrected chi connectivity index (χ1v) is 12.2. The number of nitrogens with one attached hydrogen (secondary N) is 1. The molecule has 2 aliphatic rings.